The van der Waals surface area contributed by atoms with E-state index in [2.05, 4.69) is 390 Å². The summed E-state index contributed by atoms with van der Waals surface area (Å²) in [5, 5.41) is 59.6. The maximum Gasteiger partial charge on any atom is 0.488 e. The van der Waals surface area contributed by atoms with E-state index in [1.807, 2.05) is 164 Å². The molecule has 0 amide bonds. The summed E-state index contributed by atoms with van der Waals surface area (Å²) >= 11 is 3.08. The maximum absolute atomic E-state index is 13.7. The molecule has 1 heterocycles. The van der Waals surface area contributed by atoms with E-state index in [0.717, 1.165) is 56.2 Å². The summed E-state index contributed by atoms with van der Waals surface area (Å²) in [6.45, 7) is 0. The number of aromatic nitrogens is 2. The summed E-state index contributed by atoms with van der Waals surface area (Å²) in [7, 11) is -3.22. The second kappa shape index (κ2) is 58.2. The van der Waals surface area contributed by atoms with Crippen molar-refractivity contribution in [3.8, 4) is 68.9 Å². The van der Waals surface area contributed by atoms with Gasteiger partial charge in [-0.3, -0.25) is 5.10 Å². The molecule has 0 radical (unpaired) electrons. The van der Waals surface area contributed by atoms with Crippen molar-refractivity contribution in [3.05, 3.63) is 610 Å². The molecule has 0 aliphatic rings. The number of nitrogen functional groups attached to an aromatic ring is 1. The number of ether oxygens (including phenoxy) is 3. The number of halogens is 3. The molecule has 148 heavy (non-hydrogen) atoms. The van der Waals surface area contributed by atoms with Gasteiger partial charge in [0.25, 0.3) is 0 Å². The first kappa shape index (κ1) is 108. The van der Waals surface area contributed by atoms with Crippen LogP contribution >= 0.6 is 47.6 Å². The number of fused-ring (bicyclic) bond motifs is 1. The minimum absolute atomic E-state index is 0. The molecule has 0 aliphatic carbocycles. The quantitative estimate of drug-likeness (QED) is 0.0404. The van der Waals surface area contributed by atoms with E-state index < -0.39 is 50.4 Å². The van der Waals surface area contributed by atoms with Crippen molar-refractivity contribution in [2.24, 2.45) is 0 Å². The van der Waals surface area contributed by atoms with Crippen LogP contribution in [0, 0.1) is 34.3 Å². The van der Waals surface area contributed by atoms with Gasteiger partial charge in [0.2, 0.25) is 0 Å². The normalized spacial score (nSPS) is 10.3. The van der Waals surface area contributed by atoms with Gasteiger partial charge in [-0.25, -0.2) is 8.78 Å². The fourth-order valence-corrected chi connectivity index (χ4v) is 24.9. The molecular formula is C129H101BBrF2N5O5P4Pd. The molecule has 0 spiro atoms. The van der Waals surface area contributed by atoms with Crippen molar-refractivity contribution in [1.29, 1.82) is 10.5 Å². The van der Waals surface area contributed by atoms with Crippen LogP contribution in [0.25, 0.3) is 33.2 Å². The number of anilines is 1. The number of hydrogen-bond donors (Lipinski definition) is 4. The molecule has 21 aromatic carbocycles. The predicted molar refractivity (Wildman–Crippen MR) is 618 cm³/mol. The van der Waals surface area contributed by atoms with Crippen LogP contribution in [0.4, 0.5) is 14.6 Å². The van der Waals surface area contributed by atoms with E-state index in [1.54, 1.807) is 42.5 Å². The average Bonchev–Trinajstić information content (AvgIpc) is 1.50. The Morgan fingerprint density at radius 2 is 0.459 bits per heavy atom. The minimum atomic E-state index is -1.44. The number of H-pyrrole nitrogens is 1. The van der Waals surface area contributed by atoms with Gasteiger partial charge in [-0.05, 0) is 238 Å². The van der Waals surface area contributed by atoms with Crippen LogP contribution < -0.4 is 89.1 Å². The molecule has 1 aromatic heterocycles. The van der Waals surface area contributed by atoms with Gasteiger partial charge in [0.1, 0.15) is 58.3 Å². The van der Waals surface area contributed by atoms with Gasteiger partial charge < -0.3 is 30.0 Å². The largest absolute Gasteiger partial charge is 0.488 e. The van der Waals surface area contributed by atoms with Crippen LogP contribution in [-0.2, 0) is 20.4 Å². The number of nitrogens with zero attached hydrogens (tertiary/aromatic N) is 3. The summed E-state index contributed by atoms with van der Waals surface area (Å²) in [5.74, 6) is 4.06. The standard InChI is InChI=1S/C19H12FNO.C19H15N3O.4C18H15P.C12H11BO3.C7H3BrFN.Pd/c20-19-12-15(6-7-16(19)13-21)14-8-10-18(11-9-14)22-17-4-2-1-3-5-17;20-19-17-11-8-14(12-18(17)21-22-19)13-6-9-16(10-7-13)23-15-4-2-1-3-5-15;4*1-4-10-16(11-5-1)19(17-12-6-2-7-13-17)18-14-8-3-9-15-18;14-13(15)10-6-8-12(9-7-10)16-11-4-2-1-3-5-11;8-6-2-1-5(4-10)7(9)3-6;/h1-12H;1-12H,(H3,20,21,22);4*1-15H;1-9,14-15H;1-3H;. The van der Waals surface area contributed by atoms with Crippen molar-refractivity contribution < 1.29 is 53.5 Å². The Morgan fingerprint density at radius 1 is 0.257 bits per heavy atom. The van der Waals surface area contributed by atoms with Crippen LogP contribution in [0.1, 0.15) is 11.1 Å². The Balaban J connectivity index is 0.000000134. The summed E-state index contributed by atoms with van der Waals surface area (Å²) in [6.07, 6.45) is 0. The number of rotatable bonds is 21. The van der Waals surface area contributed by atoms with Crippen molar-refractivity contribution in [2.75, 3.05) is 5.73 Å². The van der Waals surface area contributed by atoms with E-state index in [4.69, 9.17) is 40.5 Å². The molecule has 0 aliphatic heterocycles. The molecule has 22 aromatic rings. The van der Waals surface area contributed by atoms with Crippen LogP contribution in [0.2, 0.25) is 0 Å². The second-order valence-electron chi connectivity index (χ2n) is 32.5. The van der Waals surface area contributed by atoms with E-state index in [9.17, 15) is 8.78 Å². The SMILES string of the molecule is N#Cc1ccc(-c2ccc(Oc3ccccc3)cc2)cc1F.N#Cc1ccc(Br)cc1F.Nc1n[nH]c2cc(-c3ccc(Oc4ccccc4)cc3)ccc12.OB(O)c1ccc(Oc2ccccc2)cc1.[Pd].c1ccc(P(c2ccccc2)c2ccccc2)cc1.c1ccc(P(c2ccccc2)c2ccccc2)cc1.c1ccc(P(c2ccccc2)c2ccccc2)cc1.c1ccc(P(c2ccccc2)c2ccccc2)cc1. The fraction of sp³-hybridized carbons (Fsp3) is 0. The molecule has 22 rings (SSSR count). The molecule has 726 valence electrons. The van der Waals surface area contributed by atoms with Crippen LogP contribution in [-0.4, -0.2) is 27.4 Å². The molecule has 5 N–H and O–H groups in total. The van der Waals surface area contributed by atoms with E-state index >= 15 is 0 Å². The van der Waals surface area contributed by atoms with Gasteiger partial charge in [-0.2, -0.15) is 15.6 Å². The number of nitriles is 2. The monoisotopic (exact) mass is 2160 g/mol. The molecule has 0 unspecified atom stereocenters. The number of nitrogens with one attached hydrogen (secondary N) is 1. The van der Waals surface area contributed by atoms with Crippen LogP contribution in [0.5, 0.6) is 34.5 Å². The van der Waals surface area contributed by atoms with Crippen molar-refractivity contribution >= 4 is 141 Å². The van der Waals surface area contributed by atoms with Gasteiger partial charge in [0.05, 0.1) is 16.6 Å². The summed E-state index contributed by atoms with van der Waals surface area (Å²) < 4.78 is 44.0. The molecular weight excluding hydrogens is 2060 g/mol. The summed E-state index contributed by atoms with van der Waals surface area (Å²) in [6, 6.07) is 198. The zero-order chi connectivity index (χ0) is 102. The molecule has 10 nitrogen and oxygen atoms in total. The summed E-state index contributed by atoms with van der Waals surface area (Å²) in [4.78, 5) is 0. The zero-order valence-electron chi connectivity index (χ0n) is 80.3. The Bertz CT molecular complexity index is 6900. The van der Waals surface area contributed by atoms with Crippen molar-refractivity contribution in [3.63, 3.8) is 0 Å². The maximum atomic E-state index is 13.7. The van der Waals surface area contributed by atoms with Crippen molar-refractivity contribution in [1.82, 2.24) is 10.2 Å². The van der Waals surface area contributed by atoms with Gasteiger partial charge >= 0.3 is 7.12 Å². The fourth-order valence-electron chi connectivity index (χ4n) is 15.3. The van der Waals surface area contributed by atoms with Crippen molar-refractivity contribution in [2.45, 2.75) is 0 Å². The number of para-hydroxylation sites is 3. The summed E-state index contributed by atoms with van der Waals surface area (Å²) in [5.41, 5.74) is 11.1. The first-order valence-corrected chi connectivity index (χ1v) is 53.5. The number of hydrogen-bond acceptors (Lipinski definition) is 9. The third kappa shape index (κ3) is 32.5. The van der Waals surface area contributed by atoms with Gasteiger partial charge in [-0.15, -0.1) is 0 Å². The molecule has 0 bridgehead atoms. The smallest absolute Gasteiger partial charge is 0.457 e. The van der Waals surface area contributed by atoms with E-state index in [-0.39, 0.29) is 31.5 Å². The Labute approximate surface area is 891 Å². The van der Waals surface area contributed by atoms with Crippen LogP contribution in [0.15, 0.2) is 587 Å². The number of benzene rings is 21. The first-order chi connectivity index (χ1) is 72.3. The molecule has 19 heteroatoms. The van der Waals surface area contributed by atoms with Gasteiger partial charge in [0, 0.05) is 30.3 Å². The van der Waals surface area contributed by atoms with Gasteiger partial charge in [0.15, 0.2) is 5.82 Å². The first-order valence-electron chi connectivity index (χ1n) is 47.3. The second-order valence-corrected chi connectivity index (χ2v) is 42.3. The zero-order valence-corrected chi connectivity index (χ0v) is 87.0. The third-order valence-corrected chi connectivity index (χ3v) is 32.7. The molecule has 0 fully saturated rings. The number of aromatic amines is 1. The molecule has 0 saturated heterocycles. The Kier molecular flexibility index (Phi) is 42.4. The van der Waals surface area contributed by atoms with E-state index in [0.29, 0.717) is 27.3 Å². The average molecular weight is 2160 g/mol. The third-order valence-electron chi connectivity index (χ3n) is 22.4. The topological polar surface area (TPSA) is 170 Å². The predicted octanol–water partition coefficient (Wildman–Crippen LogP) is 27.2. The Hall–Kier alpha value is -16.0. The molecule has 0 atom stereocenters. The van der Waals surface area contributed by atoms with E-state index in [1.165, 1.54) is 87.9 Å². The Morgan fingerprint density at radius 3 is 0.689 bits per heavy atom. The molecule has 0 saturated carbocycles. The number of nitrogens with two attached hydrogens (primary N) is 1. The van der Waals surface area contributed by atoms with Gasteiger partial charge in [-0.1, -0.05) is 483 Å². The minimum Gasteiger partial charge on any atom is -0.457 e. The van der Waals surface area contributed by atoms with Crippen LogP contribution in [0.3, 0.4) is 0 Å².